The molecule has 1 aliphatic carbocycles. The summed E-state index contributed by atoms with van der Waals surface area (Å²) >= 11 is 0. The molecule has 2 N–H and O–H groups in total. The molecule has 2 amide bonds. The van der Waals surface area contributed by atoms with Crippen molar-refractivity contribution in [3.63, 3.8) is 0 Å². The van der Waals surface area contributed by atoms with Crippen LogP contribution in [0.25, 0.3) is 0 Å². The van der Waals surface area contributed by atoms with Gasteiger partial charge in [0.1, 0.15) is 5.54 Å². The molecule has 0 aromatic heterocycles. The monoisotopic (exact) mass is 286 g/mol. The number of aliphatic carboxylic acids is 1. The molecule has 116 valence electrons. The number of hydrogen-bond donors (Lipinski definition) is 2. The van der Waals surface area contributed by atoms with Crippen molar-refractivity contribution >= 4 is 12.0 Å². The Balaban J connectivity index is 2.61. The van der Waals surface area contributed by atoms with Crippen LogP contribution < -0.4 is 5.32 Å². The molecule has 0 saturated heterocycles. The molecule has 0 aromatic carbocycles. The van der Waals surface area contributed by atoms with Gasteiger partial charge in [-0.15, -0.1) is 0 Å². The van der Waals surface area contributed by atoms with Crippen LogP contribution in [0.1, 0.15) is 39.0 Å². The Labute approximate surface area is 120 Å². The SMILES string of the molecule is COCCCN(C)C(=O)NC1(C(=O)O)CCCC(C)C1. The summed E-state index contributed by atoms with van der Waals surface area (Å²) in [5.74, 6) is -0.610. The fourth-order valence-electron chi connectivity index (χ4n) is 2.76. The van der Waals surface area contributed by atoms with Gasteiger partial charge in [-0.05, 0) is 25.2 Å². The lowest BCUT2D eigenvalue weighted by Crippen LogP contribution is -2.59. The van der Waals surface area contributed by atoms with E-state index in [1.807, 2.05) is 6.92 Å². The zero-order valence-electron chi connectivity index (χ0n) is 12.6. The van der Waals surface area contributed by atoms with Crippen molar-refractivity contribution in [3.05, 3.63) is 0 Å². The maximum atomic E-state index is 12.1. The lowest BCUT2D eigenvalue weighted by molar-refractivity contribution is -0.146. The zero-order valence-corrected chi connectivity index (χ0v) is 12.6. The third-order valence-corrected chi connectivity index (χ3v) is 3.94. The minimum atomic E-state index is -1.11. The molecule has 0 radical (unpaired) electrons. The van der Waals surface area contributed by atoms with Crippen LogP contribution in [0, 0.1) is 5.92 Å². The highest BCUT2D eigenvalue weighted by molar-refractivity contribution is 5.86. The molecule has 1 aliphatic rings. The number of nitrogens with one attached hydrogen (secondary N) is 1. The summed E-state index contributed by atoms with van der Waals surface area (Å²) in [5, 5.41) is 12.2. The predicted octanol–water partition coefficient (Wildman–Crippen LogP) is 1.70. The van der Waals surface area contributed by atoms with Crippen LogP contribution in [0.5, 0.6) is 0 Å². The van der Waals surface area contributed by atoms with Gasteiger partial charge < -0.3 is 20.1 Å². The Kier molecular flexibility index (Phi) is 6.26. The van der Waals surface area contributed by atoms with E-state index in [9.17, 15) is 14.7 Å². The van der Waals surface area contributed by atoms with E-state index in [0.29, 0.717) is 31.9 Å². The van der Waals surface area contributed by atoms with E-state index < -0.39 is 11.5 Å². The van der Waals surface area contributed by atoms with Crippen molar-refractivity contribution in [2.45, 2.75) is 44.6 Å². The van der Waals surface area contributed by atoms with Crippen molar-refractivity contribution in [2.75, 3.05) is 27.3 Å². The van der Waals surface area contributed by atoms with Crippen molar-refractivity contribution in [2.24, 2.45) is 5.92 Å². The summed E-state index contributed by atoms with van der Waals surface area (Å²) < 4.78 is 4.94. The molecule has 1 fully saturated rings. The normalized spacial score (nSPS) is 26.1. The summed E-state index contributed by atoms with van der Waals surface area (Å²) in [7, 11) is 3.29. The van der Waals surface area contributed by atoms with E-state index in [1.54, 1.807) is 14.2 Å². The van der Waals surface area contributed by atoms with E-state index in [-0.39, 0.29) is 6.03 Å². The largest absolute Gasteiger partial charge is 0.480 e. The first-order valence-corrected chi connectivity index (χ1v) is 7.17. The first-order chi connectivity index (χ1) is 9.41. The van der Waals surface area contributed by atoms with Gasteiger partial charge in [-0.2, -0.15) is 0 Å². The van der Waals surface area contributed by atoms with Crippen LogP contribution in [-0.2, 0) is 9.53 Å². The predicted molar refractivity (Wildman–Crippen MR) is 75.7 cm³/mol. The number of rotatable bonds is 6. The average Bonchev–Trinajstić information content (AvgIpc) is 2.38. The van der Waals surface area contributed by atoms with Gasteiger partial charge in [0, 0.05) is 27.3 Å². The van der Waals surface area contributed by atoms with Gasteiger partial charge in [0.25, 0.3) is 0 Å². The van der Waals surface area contributed by atoms with Gasteiger partial charge in [0.05, 0.1) is 0 Å². The van der Waals surface area contributed by atoms with Gasteiger partial charge in [-0.3, -0.25) is 0 Å². The van der Waals surface area contributed by atoms with Crippen LogP contribution in [0.3, 0.4) is 0 Å². The quantitative estimate of drug-likeness (QED) is 0.728. The van der Waals surface area contributed by atoms with Crippen molar-refractivity contribution < 1.29 is 19.4 Å². The topological polar surface area (TPSA) is 78.9 Å². The second kappa shape index (κ2) is 7.47. The number of methoxy groups -OCH3 is 1. The molecule has 0 heterocycles. The Morgan fingerprint density at radius 1 is 1.50 bits per heavy atom. The molecule has 6 nitrogen and oxygen atoms in total. The fourth-order valence-corrected chi connectivity index (χ4v) is 2.76. The van der Waals surface area contributed by atoms with Gasteiger partial charge in [0.2, 0.25) is 0 Å². The standard InChI is InChI=1S/C14H26N2O4/c1-11-6-4-7-14(10-11,12(17)18)15-13(19)16(2)8-5-9-20-3/h11H,4-10H2,1-3H3,(H,15,19)(H,17,18). The summed E-state index contributed by atoms with van der Waals surface area (Å²) in [6, 6.07) is -0.322. The third kappa shape index (κ3) is 4.37. The summed E-state index contributed by atoms with van der Waals surface area (Å²) in [6.45, 7) is 3.16. The number of carboxylic acid groups (broad SMARTS) is 1. The van der Waals surface area contributed by atoms with E-state index >= 15 is 0 Å². The van der Waals surface area contributed by atoms with Crippen LogP contribution in [0.4, 0.5) is 4.79 Å². The first kappa shape index (κ1) is 16.8. The van der Waals surface area contributed by atoms with Crippen molar-refractivity contribution in [3.8, 4) is 0 Å². The summed E-state index contributed by atoms with van der Waals surface area (Å²) in [6.07, 6.45) is 3.59. The number of hydrogen-bond acceptors (Lipinski definition) is 3. The molecule has 0 aromatic rings. The molecule has 0 spiro atoms. The maximum Gasteiger partial charge on any atom is 0.329 e. The van der Waals surface area contributed by atoms with Crippen LogP contribution in [-0.4, -0.2) is 54.9 Å². The molecule has 2 unspecified atom stereocenters. The second-order valence-corrected chi connectivity index (χ2v) is 5.79. The molecule has 1 saturated carbocycles. The second-order valence-electron chi connectivity index (χ2n) is 5.79. The Hall–Kier alpha value is -1.30. The average molecular weight is 286 g/mol. The highest BCUT2D eigenvalue weighted by atomic mass is 16.5. The Bertz CT molecular complexity index is 348. The van der Waals surface area contributed by atoms with Gasteiger partial charge in [-0.1, -0.05) is 19.8 Å². The summed E-state index contributed by atoms with van der Waals surface area (Å²) in [5.41, 5.74) is -1.11. The van der Waals surface area contributed by atoms with Crippen molar-refractivity contribution in [1.29, 1.82) is 0 Å². The summed E-state index contributed by atoms with van der Waals surface area (Å²) in [4.78, 5) is 25.2. The minimum absolute atomic E-state index is 0.318. The van der Waals surface area contributed by atoms with Crippen LogP contribution in [0.15, 0.2) is 0 Å². The lowest BCUT2D eigenvalue weighted by Gasteiger charge is -2.38. The number of nitrogens with zero attached hydrogens (tertiary/aromatic N) is 1. The van der Waals surface area contributed by atoms with Gasteiger partial charge in [0.15, 0.2) is 0 Å². The molecular formula is C14H26N2O4. The van der Waals surface area contributed by atoms with Gasteiger partial charge >= 0.3 is 12.0 Å². The van der Waals surface area contributed by atoms with E-state index in [2.05, 4.69) is 5.32 Å². The zero-order chi connectivity index (χ0) is 15.2. The van der Waals surface area contributed by atoms with Crippen molar-refractivity contribution in [1.82, 2.24) is 10.2 Å². The fraction of sp³-hybridized carbons (Fsp3) is 0.857. The highest BCUT2D eigenvalue weighted by Crippen LogP contribution is 2.32. The number of ether oxygens (including phenoxy) is 1. The van der Waals surface area contributed by atoms with E-state index in [1.165, 1.54) is 4.90 Å². The number of carboxylic acids is 1. The maximum absolute atomic E-state index is 12.1. The first-order valence-electron chi connectivity index (χ1n) is 7.17. The highest BCUT2D eigenvalue weighted by Gasteiger charge is 2.43. The Morgan fingerprint density at radius 3 is 2.75 bits per heavy atom. The molecule has 20 heavy (non-hydrogen) atoms. The molecule has 0 aliphatic heterocycles. The minimum Gasteiger partial charge on any atom is -0.480 e. The van der Waals surface area contributed by atoms with Crippen LogP contribution >= 0.6 is 0 Å². The van der Waals surface area contributed by atoms with E-state index in [4.69, 9.17) is 4.74 Å². The van der Waals surface area contributed by atoms with Crippen LogP contribution in [0.2, 0.25) is 0 Å². The lowest BCUT2D eigenvalue weighted by atomic mass is 9.76. The number of carbonyl (C=O) groups is 2. The molecule has 6 heteroatoms. The smallest absolute Gasteiger partial charge is 0.329 e. The molecule has 0 bridgehead atoms. The van der Waals surface area contributed by atoms with Gasteiger partial charge in [-0.25, -0.2) is 9.59 Å². The van der Waals surface area contributed by atoms with E-state index in [0.717, 1.165) is 19.3 Å². The number of amides is 2. The third-order valence-electron chi connectivity index (χ3n) is 3.94. The number of carbonyl (C=O) groups excluding carboxylic acids is 1. The number of urea groups is 1. The molecular weight excluding hydrogens is 260 g/mol. The molecule has 1 rings (SSSR count). The Morgan fingerprint density at radius 2 is 2.20 bits per heavy atom. The molecule has 2 atom stereocenters.